The molecule has 5 heteroatoms. The van der Waals surface area contributed by atoms with Gasteiger partial charge in [0.25, 0.3) is 10.0 Å². The molecule has 130 valence electrons. The van der Waals surface area contributed by atoms with E-state index in [0.717, 1.165) is 17.7 Å². The molecule has 1 saturated carbocycles. The first-order valence-electron chi connectivity index (χ1n) is 8.94. The molecule has 1 aliphatic heterocycles. The molecule has 5 rings (SSSR count). The number of sulfonamides is 1. The summed E-state index contributed by atoms with van der Waals surface area (Å²) in [4.78, 5) is 1.87. The number of nitrogens with zero attached hydrogens (tertiary/aromatic N) is 1. The van der Waals surface area contributed by atoms with E-state index in [2.05, 4.69) is 17.5 Å². The van der Waals surface area contributed by atoms with E-state index in [-0.39, 0.29) is 0 Å². The van der Waals surface area contributed by atoms with Crippen LogP contribution >= 0.6 is 11.3 Å². The first-order chi connectivity index (χ1) is 12.1. The third-order valence-electron chi connectivity index (χ3n) is 6.04. The second-order valence-electron chi connectivity index (χ2n) is 7.48. The largest absolute Gasteiger partial charge is 0.270 e. The van der Waals surface area contributed by atoms with Gasteiger partial charge in [0, 0.05) is 29.0 Å². The van der Waals surface area contributed by atoms with Gasteiger partial charge in [0.15, 0.2) is 0 Å². The Bertz CT molecular complexity index is 956. The minimum Gasteiger partial charge on any atom is -0.270 e. The van der Waals surface area contributed by atoms with Gasteiger partial charge in [-0.05, 0) is 60.9 Å². The van der Waals surface area contributed by atoms with Gasteiger partial charge < -0.3 is 0 Å². The van der Waals surface area contributed by atoms with Crippen LogP contribution in [0.3, 0.4) is 0 Å². The van der Waals surface area contributed by atoms with Crippen molar-refractivity contribution in [3.05, 3.63) is 57.4 Å². The average Bonchev–Trinajstić information content (AvgIpc) is 3.22. The Hall–Kier alpha value is -1.59. The van der Waals surface area contributed by atoms with E-state index in [4.69, 9.17) is 0 Å². The fourth-order valence-electron chi connectivity index (χ4n) is 4.87. The molecule has 2 heterocycles. The summed E-state index contributed by atoms with van der Waals surface area (Å²) < 4.78 is 28.4. The van der Waals surface area contributed by atoms with Crippen molar-refractivity contribution in [3.63, 3.8) is 0 Å². The molecule has 2 aliphatic carbocycles. The maximum absolute atomic E-state index is 13.3. The second kappa shape index (κ2) is 5.45. The molecule has 0 bridgehead atoms. The highest BCUT2D eigenvalue weighted by Gasteiger charge is 2.50. The molecule has 3 nitrogen and oxygen atoms in total. The number of allylic oxidation sites excluding steroid dienone is 1. The van der Waals surface area contributed by atoms with E-state index in [1.54, 1.807) is 16.4 Å². The van der Waals surface area contributed by atoms with Crippen molar-refractivity contribution in [1.82, 2.24) is 4.31 Å². The van der Waals surface area contributed by atoms with Gasteiger partial charge in [-0.15, -0.1) is 11.3 Å². The van der Waals surface area contributed by atoms with Crippen LogP contribution in [-0.4, -0.2) is 19.3 Å². The van der Waals surface area contributed by atoms with Gasteiger partial charge in [0.1, 0.15) is 0 Å². The first-order valence-corrected chi connectivity index (χ1v) is 11.3. The number of thiophene rings is 1. The number of rotatable bonds is 2. The quantitative estimate of drug-likeness (QED) is 0.773. The highest BCUT2D eigenvalue weighted by molar-refractivity contribution is 7.89. The Morgan fingerprint density at radius 3 is 2.72 bits per heavy atom. The summed E-state index contributed by atoms with van der Waals surface area (Å²) in [7, 11) is -3.48. The fourth-order valence-corrected chi connectivity index (χ4v) is 7.51. The molecule has 25 heavy (non-hydrogen) atoms. The normalized spacial score (nSPS) is 27.6. The smallest absolute Gasteiger partial charge is 0.264 e. The molecule has 1 aromatic heterocycles. The van der Waals surface area contributed by atoms with Crippen molar-refractivity contribution in [3.8, 4) is 0 Å². The Morgan fingerprint density at radius 1 is 1.12 bits per heavy atom. The summed E-state index contributed by atoms with van der Waals surface area (Å²) in [5.41, 5.74) is 3.34. The first kappa shape index (κ1) is 15.6. The van der Waals surface area contributed by atoms with Crippen LogP contribution in [0.4, 0.5) is 0 Å². The van der Waals surface area contributed by atoms with Crippen molar-refractivity contribution >= 4 is 27.4 Å². The topological polar surface area (TPSA) is 37.4 Å². The zero-order chi connectivity index (χ0) is 17.2. The average molecular weight is 372 g/mol. The van der Waals surface area contributed by atoms with Crippen LogP contribution in [-0.2, 0) is 10.0 Å². The van der Waals surface area contributed by atoms with Crippen molar-refractivity contribution in [1.29, 1.82) is 0 Å². The van der Waals surface area contributed by atoms with Crippen LogP contribution in [0.1, 0.15) is 41.2 Å². The fraction of sp³-hybridized carbons (Fsp3) is 0.400. The van der Waals surface area contributed by atoms with Crippen LogP contribution in [0.2, 0.25) is 0 Å². The number of fused-ring (bicyclic) bond motifs is 2. The summed E-state index contributed by atoms with van der Waals surface area (Å²) in [6.45, 7) is 2.62. The molecule has 2 aromatic rings. The van der Waals surface area contributed by atoms with Gasteiger partial charge in [-0.25, -0.2) is 8.42 Å². The Balaban J connectivity index is 1.63. The second-order valence-corrected chi connectivity index (χ2v) is 10.3. The van der Waals surface area contributed by atoms with Gasteiger partial charge in [0.2, 0.25) is 0 Å². The lowest BCUT2D eigenvalue weighted by molar-refractivity contribution is 0.275. The van der Waals surface area contributed by atoms with Crippen LogP contribution in [0, 0.1) is 18.8 Å². The molecule has 0 radical (unpaired) electrons. The molecule has 3 atom stereocenters. The zero-order valence-corrected chi connectivity index (χ0v) is 15.8. The maximum Gasteiger partial charge on any atom is 0.264 e. The van der Waals surface area contributed by atoms with Crippen molar-refractivity contribution in [2.45, 2.75) is 37.0 Å². The third kappa shape index (κ3) is 2.25. The monoisotopic (exact) mass is 371 g/mol. The van der Waals surface area contributed by atoms with Gasteiger partial charge >= 0.3 is 0 Å². The van der Waals surface area contributed by atoms with Crippen LogP contribution < -0.4 is 0 Å². The molecule has 0 amide bonds. The number of hydrogen-bond acceptors (Lipinski definition) is 3. The molecule has 0 N–H and O–H groups in total. The summed E-state index contributed by atoms with van der Waals surface area (Å²) in [6, 6.07) is 9.38. The lowest BCUT2D eigenvalue weighted by atomic mass is 9.69. The lowest BCUT2D eigenvalue weighted by Crippen LogP contribution is -2.29. The summed E-state index contributed by atoms with van der Waals surface area (Å²) in [5, 5.41) is 2.14. The summed E-state index contributed by atoms with van der Waals surface area (Å²) in [6.07, 6.45) is 5.67. The third-order valence-corrected chi connectivity index (χ3v) is 8.91. The molecular formula is C20H21NO2S2. The molecule has 1 aromatic carbocycles. The number of aryl methyl sites for hydroxylation is 1. The predicted octanol–water partition coefficient (Wildman–Crippen LogP) is 4.62. The predicted molar refractivity (Wildman–Crippen MR) is 101 cm³/mol. The summed E-state index contributed by atoms with van der Waals surface area (Å²) in [5.74, 6) is 1.34. The zero-order valence-electron chi connectivity index (χ0n) is 14.2. The minimum absolute atomic E-state index is 0.375. The van der Waals surface area contributed by atoms with Gasteiger partial charge in [-0.2, -0.15) is 0 Å². The number of hydrogen-bond donors (Lipinski definition) is 0. The van der Waals surface area contributed by atoms with E-state index in [0.29, 0.717) is 29.2 Å². The van der Waals surface area contributed by atoms with Crippen LogP contribution in [0.25, 0.3) is 6.08 Å². The molecule has 3 aliphatic rings. The molecule has 1 saturated heterocycles. The Labute approximate surface area is 153 Å². The van der Waals surface area contributed by atoms with Crippen molar-refractivity contribution < 1.29 is 8.42 Å². The molecule has 0 spiro atoms. The minimum atomic E-state index is -3.48. The molecule has 0 unspecified atom stereocenters. The Kier molecular flexibility index (Phi) is 3.41. The van der Waals surface area contributed by atoms with Crippen LogP contribution in [0.15, 0.2) is 46.3 Å². The van der Waals surface area contributed by atoms with E-state index >= 15 is 0 Å². The molecular weight excluding hydrogens is 350 g/mol. The lowest BCUT2D eigenvalue weighted by Gasteiger charge is -2.36. The maximum atomic E-state index is 13.3. The number of benzene rings is 1. The Morgan fingerprint density at radius 2 is 1.92 bits per heavy atom. The highest BCUT2D eigenvalue weighted by atomic mass is 32.2. The van der Waals surface area contributed by atoms with Gasteiger partial charge in [-0.1, -0.05) is 24.1 Å². The SMILES string of the molecule is Cc1ccc(S(=O)(=O)N2C[C@H]3CCC[C@H]4c5sccc5C=C2[C@@H]34)cc1. The molecule has 2 fully saturated rings. The highest BCUT2D eigenvalue weighted by Crippen LogP contribution is 2.56. The van der Waals surface area contributed by atoms with Crippen molar-refractivity contribution in [2.24, 2.45) is 11.8 Å². The van der Waals surface area contributed by atoms with E-state index in [1.807, 2.05) is 30.4 Å². The summed E-state index contributed by atoms with van der Waals surface area (Å²) >= 11 is 1.84. The standard InChI is InChI=1S/C20H21NO2S2/c1-13-5-7-16(8-6-13)25(22,23)21-12-15-3-2-4-17-19(15)18(21)11-14-9-10-24-20(14)17/h5-11,15,17,19H,2-4,12H2,1H3/t15-,17-,19+/m1/s1. The van der Waals surface area contributed by atoms with Crippen molar-refractivity contribution in [2.75, 3.05) is 6.54 Å². The van der Waals surface area contributed by atoms with E-state index in [9.17, 15) is 8.42 Å². The van der Waals surface area contributed by atoms with E-state index < -0.39 is 10.0 Å². The van der Waals surface area contributed by atoms with E-state index in [1.165, 1.54) is 23.3 Å². The van der Waals surface area contributed by atoms with Crippen LogP contribution in [0.5, 0.6) is 0 Å². The van der Waals surface area contributed by atoms with Gasteiger partial charge in [0.05, 0.1) is 4.90 Å². The van der Waals surface area contributed by atoms with Gasteiger partial charge in [-0.3, -0.25) is 4.31 Å².